The van der Waals surface area contributed by atoms with E-state index in [0.717, 1.165) is 23.7 Å². The van der Waals surface area contributed by atoms with Crippen LogP contribution < -0.4 is 5.32 Å². The second-order valence-corrected chi connectivity index (χ2v) is 16.2. The van der Waals surface area contributed by atoms with Crippen LogP contribution in [-0.4, -0.2) is 99.2 Å². The number of ether oxygens (including phenoxy) is 1. The van der Waals surface area contributed by atoms with Crippen molar-refractivity contribution in [3.8, 4) is 0 Å². The summed E-state index contributed by atoms with van der Waals surface area (Å²) >= 11 is 13.6. The van der Waals surface area contributed by atoms with Crippen LogP contribution in [0.3, 0.4) is 0 Å². The number of nitrogens with zero attached hydrogens (tertiary/aromatic N) is 4. The lowest BCUT2D eigenvalue weighted by Crippen LogP contribution is -2.71. The summed E-state index contributed by atoms with van der Waals surface area (Å²) in [5.41, 5.74) is 1.73. The molecule has 52 heavy (non-hydrogen) atoms. The monoisotopic (exact) mass is 753 g/mol. The summed E-state index contributed by atoms with van der Waals surface area (Å²) in [5.74, 6) is -3.14. The van der Waals surface area contributed by atoms with Crippen molar-refractivity contribution in [1.82, 2.24) is 19.3 Å². The number of rotatable bonds is 10. The molecule has 1 saturated carbocycles. The molecule has 3 aliphatic rings. The van der Waals surface area contributed by atoms with E-state index >= 15 is 4.79 Å². The largest absolute Gasteiger partial charge is 0.481 e. The van der Waals surface area contributed by atoms with E-state index in [1.807, 2.05) is 61.6 Å². The zero-order valence-electron chi connectivity index (χ0n) is 30.4. The first-order chi connectivity index (χ1) is 24.7. The average molecular weight is 755 g/mol. The standard InChI is InChI=1S/C39H49Cl2N5O6/c1-38(2,3)37(51)44-17-19-46(20-18-44)39(45-15-7-8-16-45,52-27-13-11-25(12-14-27)36(49)50)34(47)22-26-21-31(41)32(23-30(26)40)42-35(48)29-24-43(4)33-10-6-5-9-28(29)33/h5-6,9-10,21,23-25,27H,7-8,11-20,22H2,1-4H3,(H,42,48)(H,49,50)/t25-,27-,39?. The maximum absolute atomic E-state index is 15.0. The van der Waals surface area contributed by atoms with E-state index in [-0.39, 0.29) is 40.2 Å². The Morgan fingerprint density at radius 3 is 2.15 bits per heavy atom. The molecule has 13 heteroatoms. The molecule has 3 heterocycles. The number of carbonyl (C=O) groups is 4. The van der Waals surface area contributed by atoms with Gasteiger partial charge in [-0.15, -0.1) is 0 Å². The lowest BCUT2D eigenvalue weighted by molar-refractivity contribution is -0.260. The molecule has 3 fully saturated rings. The van der Waals surface area contributed by atoms with Crippen LogP contribution >= 0.6 is 23.2 Å². The van der Waals surface area contributed by atoms with Gasteiger partial charge in [-0.3, -0.25) is 29.0 Å². The predicted molar refractivity (Wildman–Crippen MR) is 202 cm³/mol. The first-order valence-electron chi connectivity index (χ1n) is 18.3. The molecule has 11 nitrogen and oxygen atoms in total. The van der Waals surface area contributed by atoms with Crippen LogP contribution in [0.15, 0.2) is 42.6 Å². The molecule has 1 unspecified atom stereocenters. The number of aromatic nitrogens is 1. The third-order valence-electron chi connectivity index (χ3n) is 10.8. The van der Waals surface area contributed by atoms with Gasteiger partial charge in [0.15, 0.2) is 5.78 Å². The Bertz CT molecular complexity index is 1830. The lowest BCUT2D eigenvalue weighted by atomic mass is 9.87. The molecule has 2 saturated heterocycles. The van der Waals surface area contributed by atoms with Crippen LogP contribution in [-0.2, 0) is 32.6 Å². The second kappa shape index (κ2) is 15.5. The van der Waals surface area contributed by atoms with Crippen LogP contribution in [0.1, 0.15) is 75.2 Å². The number of para-hydroxylation sites is 1. The summed E-state index contributed by atoms with van der Waals surface area (Å²) < 4.78 is 8.92. The molecule has 1 aromatic heterocycles. The molecule has 1 atom stereocenters. The fourth-order valence-corrected chi connectivity index (χ4v) is 8.42. The predicted octanol–water partition coefficient (Wildman–Crippen LogP) is 6.45. The third kappa shape index (κ3) is 7.75. The summed E-state index contributed by atoms with van der Waals surface area (Å²) in [6, 6.07) is 10.8. The quantitative estimate of drug-likeness (QED) is 0.242. The summed E-state index contributed by atoms with van der Waals surface area (Å²) in [6.45, 7) is 8.81. The summed E-state index contributed by atoms with van der Waals surface area (Å²) in [5, 5.41) is 13.9. The molecule has 2 aliphatic heterocycles. The van der Waals surface area contributed by atoms with Crippen LogP contribution in [0.4, 0.5) is 5.69 Å². The van der Waals surface area contributed by atoms with Gasteiger partial charge in [-0.25, -0.2) is 0 Å². The Morgan fingerprint density at radius 1 is 0.885 bits per heavy atom. The highest BCUT2D eigenvalue weighted by Crippen LogP contribution is 2.38. The van der Waals surface area contributed by atoms with E-state index in [9.17, 15) is 19.5 Å². The normalized spacial score (nSPS) is 21.6. The number of amides is 2. The van der Waals surface area contributed by atoms with Gasteiger partial charge >= 0.3 is 5.97 Å². The minimum atomic E-state index is -1.44. The van der Waals surface area contributed by atoms with E-state index in [1.165, 1.54) is 0 Å². The van der Waals surface area contributed by atoms with Gasteiger partial charge in [0.1, 0.15) is 0 Å². The SMILES string of the molecule is Cn1cc(C(=O)Nc2cc(Cl)c(CC(=O)C(O[C@H]3CC[C@H](C(=O)O)CC3)(N3CCCC3)N3CCN(C(=O)C(C)(C)C)CC3)cc2Cl)c2ccccc21. The summed E-state index contributed by atoms with van der Waals surface area (Å²) in [7, 11) is 1.88. The first kappa shape index (κ1) is 38.3. The van der Waals surface area contributed by atoms with Crippen molar-refractivity contribution in [2.75, 3.05) is 44.6 Å². The first-order valence-corrected chi connectivity index (χ1v) is 19.0. The molecule has 6 rings (SSSR count). The van der Waals surface area contributed by atoms with Gasteiger partial charge in [0.05, 0.1) is 28.3 Å². The molecule has 2 N–H and O–H groups in total. The number of anilines is 1. The van der Waals surface area contributed by atoms with Crippen molar-refractivity contribution < 1.29 is 29.0 Å². The molecule has 2 amide bonds. The highest BCUT2D eigenvalue weighted by Gasteiger charge is 2.53. The zero-order chi connectivity index (χ0) is 37.4. The third-order valence-corrected chi connectivity index (χ3v) is 11.4. The number of carbonyl (C=O) groups excluding carboxylic acids is 3. The van der Waals surface area contributed by atoms with Gasteiger partial charge in [0, 0.05) is 80.3 Å². The maximum Gasteiger partial charge on any atom is 0.306 e. The summed E-state index contributed by atoms with van der Waals surface area (Å²) in [4.78, 5) is 59.5. The number of aliphatic carboxylic acids is 1. The molecule has 1 aliphatic carbocycles. The van der Waals surface area contributed by atoms with Gasteiger partial charge < -0.3 is 24.6 Å². The van der Waals surface area contributed by atoms with E-state index in [4.69, 9.17) is 27.9 Å². The van der Waals surface area contributed by atoms with Crippen LogP contribution in [0.25, 0.3) is 10.9 Å². The number of fused-ring (bicyclic) bond motifs is 1. The lowest BCUT2D eigenvalue weighted by Gasteiger charge is -2.52. The van der Waals surface area contributed by atoms with Crippen molar-refractivity contribution in [2.24, 2.45) is 18.4 Å². The van der Waals surface area contributed by atoms with E-state index in [2.05, 4.69) is 15.1 Å². The minimum absolute atomic E-state index is 0.0622. The number of halogens is 2. The number of nitrogens with one attached hydrogen (secondary N) is 1. The van der Waals surface area contributed by atoms with Gasteiger partial charge in [-0.05, 0) is 62.3 Å². The van der Waals surface area contributed by atoms with Gasteiger partial charge in [-0.2, -0.15) is 0 Å². The molecule has 280 valence electrons. The highest BCUT2D eigenvalue weighted by molar-refractivity contribution is 6.36. The Balaban J connectivity index is 1.28. The van der Waals surface area contributed by atoms with Crippen molar-refractivity contribution in [3.63, 3.8) is 0 Å². The number of benzene rings is 2. The van der Waals surface area contributed by atoms with Crippen molar-refractivity contribution >= 4 is 63.4 Å². The van der Waals surface area contributed by atoms with E-state index in [0.29, 0.717) is 81.8 Å². The molecule has 2 aromatic carbocycles. The number of carboxylic acid groups (broad SMARTS) is 1. The fourth-order valence-electron chi connectivity index (χ4n) is 7.95. The molecule has 0 bridgehead atoms. The number of hydrogen-bond donors (Lipinski definition) is 2. The number of ketones is 1. The zero-order valence-corrected chi connectivity index (χ0v) is 31.9. The Kier molecular flexibility index (Phi) is 11.4. The molecular weight excluding hydrogens is 705 g/mol. The number of hydrogen-bond acceptors (Lipinski definition) is 7. The topological polar surface area (TPSA) is 124 Å². The molecule has 0 radical (unpaired) electrons. The Labute approximate surface area is 315 Å². The number of carboxylic acids is 1. The highest BCUT2D eigenvalue weighted by atomic mass is 35.5. The fraction of sp³-hybridized carbons (Fsp3) is 0.538. The number of aryl methyl sites for hydroxylation is 1. The van der Waals surface area contributed by atoms with Gasteiger partial charge in [0.2, 0.25) is 11.8 Å². The van der Waals surface area contributed by atoms with Gasteiger partial charge in [-0.1, -0.05) is 62.2 Å². The minimum Gasteiger partial charge on any atom is -0.481 e. The summed E-state index contributed by atoms with van der Waals surface area (Å²) in [6.07, 6.45) is 5.19. The Morgan fingerprint density at radius 2 is 1.52 bits per heavy atom. The van der Waals surface area contributed by atoms with Crippen molar-refractivity contribution in [3.05, 3.63) is 63.8 Å². The van der Waals surface area contributed by atoms with E-state index < -0.39 is 23.2 Å². The van der Waals surface area contributed by atoms with Gasteiger partial charge in [0.25, 0.3) is 5.91 Å². The number of Topliss-reactive ketones (excluding diaryl/α,β-unsaturated/α-hetero) is 1. The smallest absolute Gasteiger partial charge is 0.306 e. The maximum atomic E-state index is 15.0. The molecular formula is C39H49Cl2N5O6. The van der Waals surface area contributed by atoms with Crippen LogP contribution in [0, 0.1) is 11.3 Å². The average Bonchev–Trinajstić information content (AvgIpc) is 3.78. The van der Waals surface area contributed by atoms with Crippen LogP contribution in [0.2, 0.25) is 10.0 Å². The number of piperazine rings is 1. The Hall–Kier alpha value is -3.48. The molecule has 0 spiro atoms. The van der Waals surface area contributed by atoms with Crippen LogP contribution in [0.5, 0.6) is 0 Å². The van der Waals surface area contributed by atoms with E-state index in [1.54, 1.807) is 18.3 Å². The van der Waals surface area contributed by atoms with Crippen molar-refractivity contribution in [1.29, 1.82) is 0 Å². The van der Waals surface area contributed by atoms with Crippen molar-refractivity contribution in [2.45, 2.75) is 77.7 Å². The molecule has 3 aromatic rings. The number of likely N-dealkylation sites (tertiary alicyclic amines) is 1. The second-order valence-electron chi connectivity index (χ2n) is 15.4.